The Kier molecular flexibility index (Phi) is 5.51. The van der Waals surface area contributed by atoms with Gasteiger partial charge in [0.2, 0.25) is 5.91 Å². The molecule has 0 radical (unpaired) electrons. The number of alkyl halides is 3. The van der Waals surface area contributed by atoms with Gasteiger partial charge in [-0.2, -0.15) is 0 Å². The largest absolute Gasteiger partial charge is 0.573 e. The van der Waals surface area contributed by atoms with Crippen LogP contribution in [0.1, 0.15) is 49.1 Å². The molecule has 0 atom stereocenters. The first-order valence-electron chi connectivity index (χ1n) is 11.2. The van der Waals surface area contributed by atoms with Crippen molar-refractivity contribution in [3.05, 3.63) is 47.5 Å². The number of piperidine rings is 1. The number of nitrogens with one attached hydrogen (secondary N) is 3. The van der Waals surface area contributed by atoms with Gasteiger partial charge in [0.15, 0.2) is 0 Å². The molecule has 1 saturated carbocycles. The van der Waals surface area contributed by atoms with E-state index in [-0.39, 0.29) is 17.5 Å². The van der Waals surface area contributed by atoms with Crippen LogP contribution >= 0.6 is 0 Å². The first-order valence-corrected chi connectivity index (χ1v) is 12.7. The van der Waals surface area contributed by atoms with Crippen molar-refractivity contribution in [3.63, 3.8) is 0 Å². The average Bonchev–Trinajstić information content (AvgIpc) is 3.04. The zero-order valence-electron chi connectivity index (χ0n) is 18.2. The van der Waals surface area contributed by atoms with E-state index in [1.165, 1.54) is 12.1 Å². The molecule has 0 bridgehead atoms. The lowest BCUT2D eigenvalue weighted by Gasteiger charge is -2.36. The molecule has 1 amide bonds. The summed E-state index contributed by atoms with van der Waals surface area (Å²) in [6.45, 7) is 1.60. The summed E-state index contributed by atoms with van der Waals surface area (Å²) in [4.78, 5) is 12.3. The van der Waals surface area contributed by atoms with E-state index in [1.807, 2.05) is 0 Å². The number of carbonyl (C=O) groups is 1. The van der Waals surface area contributed by atoms with Crippen LogP contribution in [-0.4, -0.2) is 33.8 Å². The van der Waals surface area contributed by atoms with E-state index in [9.17, 15) is 26.4 Å². The molecule has 1 aliphatic carbocycles. The summed E-state index contributed by atoms with van der Waals surface area (Å²) >= 11 is 0. The number of carbonyl (C=O) groups excluding carboxylic acids is 1. The fraction of sp³-hybridized carbons (Fsp3) is 0.435. The monoisotopic (exact) mass is 495 g/mol. The summed E-state index contributed by atoms with van der Waals surface area (Å²) in [5, 5.41) is 6.33. The van der Waals surface area contributed by atoms with E-state index in [0.29, 0.717) is 12.8 Å². The van der Waals surface area contributed by atoms with Gasteiger partial charge in [0.1, 0.15) is 10.6 Å². The molecule has 2 fully saturated rings. The van der Waals surface area contributed by atoms with Crippen molar-refractivity contribution >= 4 is 27.3 Å². The number of rotatable bonds is 5. The third-order valence-corrected chi connectivity index (χ3v) is 8.38. The quantitative estimate of drug-likeness (QED) is 0.577. The number of ether oxygens (including phenoxy) is 1. The smallest absolute Gasteiger partial charge is 0.404 e. The Labute approximate surface area is 195 Å². The van der Waals surface area contributed by atoms with Crippen molar-refractivity contribution in [2.24, 2.45) is 0 Å². The highest BCUT2D eigenvalue weighted by Crippen LogP contribution is 2.54. The minimum absolute atomic E-state index is 0.0761. The summed E-state index contributed by atoms with van der Waals surface area (Å²) in [7, 11) is -4.41. The topological polar surface area (TPSA) is 96.5 Å². The zero-order valence-corrected chi connectivity index (χ0v) is 19.0. The van der Waals surface area contributed by atoms with E-state index in [2.05, 4.69) is 20.1 Å². The summed E-state index contributed by atoms with van der Waals surface area (Å²) in [6, 6.07) is 7.94. The summed E-state index contributed by atoms with van der Waals surface area (Å²) in [6.07, 6.45) is -1.13. The van der Waals surface area contributed by atoms with Gasteiger partial charge in [-0.05, 0) is 80.1 Å². The standard InChI is InChI=1S/C23H24F3N3O4S/c24-23(25,26)33-18-4-1-2-5-19(18)34(31,32)29-15-12-16(14-6-10-27-11-7-14)20-17(13-15)22(8-3-9-22)21(30)28-20/h1-2,4-5,12-14,27,29H,3,6-11H2,(H,28,30). The Bertz CT molecular complexity index is 1240. The fourth-order valence-electron chi connectivity index (χ4n) is 5.17. The SMILES string of the molecule is O=C1Nc2c(C3CCNCC3)cc(NS(=O)(=O)c3ccccc3OC(F)(F)F)cc2C12CCC2. The van der Waals surface area contributed by atoms with Gasteiger partial charge in [-0.25, -0.2) is 8.42 Å². The Hall–Kier alpha value is -2.79. The van der Waals surface area contributed by atoms with Crippen LogP contribution in [0.5, 0.6) is 5.75 Å². The van der Waals surface area contributed by atoms with Gasteiger partial charge < -0.3 is 15.4 Å². The summed E-state index contributed by atoms with van der Waals surface area (Å²) < 4.78 is 71.2. The highest BCUT2D eigenvalue weighted by molar-refractivity contribution is 7.92. The van der Waals surface area contributed by atoms with Crippen LogP contribution in [0, 0.1) is 0 Å². The Morgan fingerprint density at radius 3 is 2.44 bits per heavy atom. The van der Waals surface area contributed by atoms with Gasteiger partial charge in [0.05, 0.1) is 5.41 Å². The predicted octanol–water partition coefficient (Wildman–Crippen LogP) is 4.23. The average molecular weight is 496 g/mol. The summed E-state index contributed by atoms with van der Waals surface area (Å²) in [5.41, 5.74) is 1.92. The van der Waals surface area contributed by atoms with Gasteiger partial charge in [-0.1, -0.05) is 18.6 Å². The van der Waals surface area contributed by atoms with Crippen molar-refractivity contribution in [2.45, 2.75) is 54.7 Å². The second-order valence-electron chi connectivity index (χ2n) is 9.00. The minimum atomic E-state index is -5.04. The number of para-hydroxylation sites is 1. The Morgan fingerprint density at radius 2 is 1.79 bits per heavy atom. The second-order valence-corrected chi connectivity index (χ2v) is 10.7. The Morgan fingerprint density at radius 1 is 1.09 bits per heavy atom. The number of benzene rings is 2. The van der Waals surface area contributed by atoms with Gasteiger partial charge in [-0.15, -0.1) is 13.2 Å². The van der Waals surface area contributed by atoms with Crippen LogP contribution < -0.4 is 20.1 Å². The highest BCUT2D eigenvalue weighted by atomic mass is 32.2. The number of anilines is 2. The molecule has 34 heavy (non-hydrogen) atoms. The molecule has 5 rings (SSSR count). The molecule has 0 unspecified atom stereocenters. The van der Waals surface area contributed by atoms with Crippen LogP contribution in [0.2, 0.25) is 0 Å². The van der Waals surface area contributed by atoms with Crippen LogP contribution in [-0.2, 0) is 20.2 Å². The number of amides is 1. The molecular formula is C23H24F3N3O4S. The van der Waals surface area contributed by atoms with Crippen LogP contribution in [0.3, 0.4) is 0 Å². The Balaban J connectivity index is 1.56. The molecule has 1 saturated heterocycles. The van der Waals surface area contributed by atoms with Crippen LogP contribution in [0.15, 0.2) is 41.3 Å². The molecule has 2 aromatic carbocycles. The molecule has 11 heteroatoms. The molecule has 3 N–H and O–H groups in total. The van der Waals surface area contributed by atoms with Crippen LogP contribution in [0.25, 0.3) is 0 Å². The number of sulfonamides is 1. The number of hydrogen-bond donors (Lipinski definition) is 3. The lowest BCUT2D eigenvalue weighted by Crippen LogP contribution is -2.40. The van der Waals surface area contributed by atoms with Crippen molar-refractivity contribution in [3.8, 4) is 5.75 Å². The molecule has 2 aliphatic heterocycles. The molecule has 0 aromatic heterocycles. The maximum absolute atomic E-state index is 13.2. The van der Waals surface area contributed by atoms with Crippen molar-refractivity contribution in [2.75, 3.05) is 23.1 Å². The predicted molar refractivity (Wildman–Crippen MR) is 119 cm³/mol. The lowest BCUT2D eigenvalue weighted by atomic mass is 9.65. The zero-order chi connectivity index (χ0) is 24.1. The lowest BCUT2D eigenvalue weighted by molar-refractivity contribution is -0.275. The molecule has 3 aliphatic rings. The third-order valence-electron chi connectivity index (χ3n) is 6.96. The molecule has 1 spiro atoms. The number of halogens is 3. The molecule has 7 nitrogen and oxygen atoms in total. The molecule has 182 valence electrons. The van der Waals surface area contributed by atoms with Gasteiger partial charge >= 0.3 is 6.36 Å². The van der Waals surface area contributed by atoms with Crippen LogP contribution in [0.4, 0.5) is 24.5 Å². The van der Waals surface area contributed by atoms with Gasteiger partial charge in [0, 0.05) is 11.4 Å². The number of hydrogen-bond acceptors (Lipinski definition) is 5. The second kappa shape index (κ2) is 8.16. The maximum atomic E-state index is 13.2. The molecule has 2 aromatic rings. The van der Waals surface area contributed by atoms with E-state index >= 15 is 0 Å². The van der Waals surface area contributed by atoms with E-state index in [0.717, 1.165) is 61.3 Å². The van der Waals surface area contributed by atoms with Crippen molar-refractivity contribution in [1.29, 1.82) is 0 Å². The minimum Gasteiger partial charge on any atom is -0.404 e. The van der Waals surface area contributed by atoms with Gasteiger partial charge in [0.25, 0.3) is 10.0 Å². The maximum Gasteiger partial charge on any atom is 0.573 e. The van der Waals surface area contributed by atoms with E-state index in [4.69, 9.17) is 0 Å². The summed E-state index contributed by atoms with van der Waals surface area (Å²) in [5.74, 6) is -0.766. The fourth-order valence-corrected chi connectivity index (χ4v) is 6.34. The first kappa shape index (κ1) is 23.0. The van der Waals surface area contributed by atoms with E-state index in [1.54, 1.807) is 12.1 Å². The highest BCUT2D eigenvalue weighted by Gasteiger charge is 2.52. The van der Waals surface area contributed by atoms with Crippen molar-refractivity contribution in [1.82, 2.24) is 5.32 Å². The van der Waals surface area contributed by atoms with E-state index < -0.39 is 32.4 Å². The molecule has 2 heterocycles. The first-order chi connectivity index (χ1) is 16.1. The van der Waals surface area contributed by atoms with Gasteiger partial charge in [-0.3, -0.25) is 9.52 Å². The normalized spacial score (nSPS) is 19.9. The number of fused-ring (bicyclic) bond motifs is 2. The van der Waals surface area contributed by atoms with Crippen molar-refractivity contribution < 1.29 is 31.1 Å². The third kappa shape index (κ3) is 4.00. The molecular weight excluding hydrogens is 471 g/mol.